The fraction of sp³-hybridized carbons (Fsp3) is 0.471. The summed E-state index contributed by atoms with van der Waals surface area (Å²) in [6.07, 6.45) is 10.5. The SMILES string of the molecule is CCCCCCCCOc1ccc(-c2cnc[nH]2)c(F)c1. The monoisotopic (exact) mass is 290 g/mol. The topological polar surface area (TPSA) is 37.9 Å². The number of aromatic amines is 1. The van der Waals surface area contributed by atoms with E-state index >= 15 is 0 Å². The van der Waals surface area contributed by atoms with Gasteiger partial charge in [0, 0.05) is 11.6 Å². The van der Waals surface area contributed by atoms with Gasteiger partial charge in [0.1, 0.15) is 11.6 Å². The number of hydrogen-bond acceptors (Lipinski definition) is 2. The molecule has 2 aromatic rings. The Labute approximate surface area is 125 Å². The summed E-state index contributed by atoms with van der Waals surface area (Å²) in [5, 5.41) is 0. The highest BCUT2D eigenvalue weighted by Crippen LogP contribution is 2.24. The van der Waals surface area contributed by atoms with Crippen LogP contribution in [-0.2, 0) is 0 Å². The molecule has 0 spiro atoms. The van der Waals surface area contributed by atoms with Crippen LogP contribution in [0, 0.1) is 5.82 Å². The van der Waals surface area contributed by atoms with E-state index in [9.17, 15) is 4.39 Å². The number of rotatable bonds is 9. The predicted molar refractivity (Wildman–Crippen MR) is 82.9 cm³/mol. The molecule has 0 amide bonds. The van der Waals surface area contributed by atoms with Crippen LogP contribution < -0.4 is 4.74 Å². The molecule has 0 unspecified atom stereocenters. The summed E-state index contributed by atoms with van der Waals surface area (Å²) in [6.45, 7) is 2.86. The summed E-state index contributed by atoms with van der Waals surface area (Å²) < 4.78 is 19.6. The average Bonchev–Trinajstić information content (AvgIpc) is 3.00. The third kappa shape index (κ3) is 4.88. The summed E-state index contributed by atoms with van der Waals surface area (Å²) in [5.74, 6) is 0.295. The van der Waals surface area contributed by atoms with Crippen LogP contribution in [0.4, 0.5) is 4.39 Å². The van der Waals surface area contributed by atoms with Crippen molar-refractivity contribution < 1.29 is 9.13 Å². The molecule has 1 aromatic heterocycles. The van der Waals surface area contributed by atoms with Crippen molar-refractivity contribution in [3.63, 3.8) is 0 Å². The second kappa shape index (κ2) is 8.45. The molecule has 1 heterocycles. The molecule has 2 rings (SSSR count). The lowest BCUT2D eigenvalue weighted by Crippen LogP contribution is -1.98. The molecule has 0 fully saturated rings. The molecule has 0 atom stereocenters. The Morgan fingerprint density at radius 2 is 1.95 bits per heavy atom. The van der Waals surface area contributed by atoms with Gasteiger partial charge in [-0.15, -0.1) is 0 Å². The minimum atomic E-state index is -0.292. The fourth-order valence-electron chi connectivity index (χ4n) is 2.28. The minimum Gasteiger partial charge on any atom is -0.493 e. The number of ether oxygens (including phenoxy) is 1. The zero-order chi connectivity index (χ0) is 14.9. The lowest BCUT2D eigenvalue weighted by atomic mass is 10.1. The number of nitrogens with one attached hydrogen (secondary N) is 1. The molecule has 0 aliphatic heterocycles. The Morgan fingerprint density at radius 3 is 2.67 bits per heavy atom. The maximum Gasteiger partial charge on any atom is 0.136 e. The van der Waals surface area contributed by atoms with E-state index in [2.05, 4.69) is 16.9 Å². The van der Waals surface area contributed by atoms with E-state index in [0.29, 0.717) is 23.6 Å². The molecule has 0 saturated heterocycles. The first-order valence-electron chi connectivity index (χ1n) is 7.72. The van der Waals surface area contributed by atoms with Crippen LogP contribution in [-0.4, -0.2) is 16.6 Å². The average molecular weight is 290 g/mol. The summed E-state index contributed by atoms with van der Waals surface area (Å²) in [7, 11) is 0. The maximum atomic E-state index is 14.0. The lowest BCUT2D eigenvalue weighted by Gasteiger charge is -2.08. The molecule has 0 bridgehead atoms. The van der Waals surface area contributed by atoms with Crippen LogP contribution in [0.2, 0.25) is 0 Å². The van der Waals surface area contributed by atoms with Gasteiger partial charge < -0.3 is 9.72 Å². The molecule has 0 saturated carbocycles. The van der Waals surface area contributed by atoms with Crippen molar-refractivity contribution in [3.05, 3.63) is 36.5 Å². The summed E-state index contributed by atoms with van der Waals surface area (Å²) in [6, 6.07) is 4.96. The Bertz CT molecular complexity index is 526. The maximum absolute atomic E-state index is 14.0. The van der Waals surface area contributed by atoms with Crippen molar-refractivity contribution in [1.82, 2.24) is 9.97 Å². The first-order chi connectivity index (χ1) is 10.3. The quantitative estimate of drug-likeness (QED) is 0.663. The highest BCUT2D eigenvalue weighted by Gasteiger charge is 2.07. The zero-order valence-electron chi connectivity index (χ0n) is 12.6. The highest BCUT2D eigenvalue weighted by molar-refractivity contribution is 5.60. The van der Waals surface area contributed by atoms with Gasteiger partial charge in [0.25, 0.3) is 0 Å². The number of imidazole rings is 1. The molecule has 1 N–H and O–H groups in total. The van der Waals surface area contributed by atoms with Crippen molar-refractivity contribution in [1.29, 1.82) is 0 Å². The van der Waals surface area contributed by atoms with Gasteiger partial charge >= 0.3 is 0 Å². The van der Waals surface area contributed by atoms with Crippen LogP contribution in [0.25, 0.3) is 11.3 Å². The van der Waals surface area contributed by atoms with E-state index < -0.39 is 0 Å². The third-order valence-electron chi connectivity index (χ3n) is 3.50. The first kappa shape index (κ1) is 15.5. The highest BCUT2D eigenvalue weighted by atomic mass is 19.1. The number of nitrogens with zero attached hydrogens (tertiary/aromatic N) is 1. The van der Waals surface area contributed by atoms with Crippen LogP contribution in [0.3, 0.4) is 0 Å². The van der Waals surface area contributed by atoms with Crippen molar-refractivity contribution in [2.24, 2.45) is 0 Å². The van der Waals surface area contributed by atoms with Gasteiger partial charge in [-0.3, -0.25) is 0 Å². The normalized spacial score (nSPS) is 10.8. The van der Waals surface area contributed by atoms with Gasteiger partial charge in [-0.25, -0.2) is 9.37 Å². The summed E-state index contributed by atoms with van der Waals surface area (Å²) >= 11 is 0. The van der Waals surface area contributed by atoms with Gasteiger partial charge in [0.05, 0.1) is 24.8 Å². The van der Waals surface area contributed by atoms with Crippen LogP contribution in [0.5, 0.6) is 5.75 Å². The van der Waals surface area contributed by atoms with Gasteiger partial charge in [-0.1, -0.05) is 39.0 Å². The number of halogens is 1. The summed E-state index contributed by atoms with van der Waals surface area (Å²) in [5.41, 5.74) is 1.19. The van der Waals surface area contributed by atoms with Crippen molar-refractivity contribution in [2.75, 3.05) is 6.61 Å². The molecule has 3 nitrogen and oxygen atoms in total. The van der Waals surface area contributed by atoms with E-state index in [1.807, 2.05) is 0 Å². The molecule has 21 heavy (non-hydrogen) atoms. The largest absolute Gasteiger partial charge is 0.493 e. The predicted octanol–water partition coefficient (Wildman–Crippen LogP) is 4.96. The first-order valence-corrected chi connectivity index (χ1v) is 7.72. The molecular formula is C17H23FN2O. The number of aromatic nitrogens is 2. The third-order valence-corrected chi connectivity index (χ3v) is 3.50. The number of unbranched alkanes of at least 4 members (excludes halogenated alkanes) is 5. The van der Waals surface area contributed by atoms with Crippen LogP contribution in [0.15, 0.2) is 30.7 Å². The Morgan fingerprint density at radius 1 is 1.14 bits per heavy atom. The van der Waals surface area contributed by atoms with E-state index in [0.717, 1.165) is 6.42 Å². The lowest BCUT2D eigenvalue weighted by molar-refractivity contribution is 0.303. The van der Waals surface area contributed by atoms with E-state index in [4.69, 9.17) is 4.74 Å². The van der Waals surface area contributed by atoms with Gasteiger partial charge in [-0.05, 0) is 18.6 Å². The van der Waals surface area contributed by atoms with Crippen molar-refractivity contribution in [2.45, 2.75) is 45.4 Å². The second-order valence-electron chi connectivity index (χ2n) is 5.22. The number of benzene rings is 1. The zero-order valence-corrected chi connectivity index (χ0v) is 12.6. The van der Waals surface area contributed by atoms with Crippen LogP contribution >= 0.6 is 0 Å². The van der Waals surface area contributed by atoms with Gasteiger partial charge in [-0.2, -0.15) is 0 Å². The van der Waals surface area contributed by atoms with Crippen molar-refractivity contribution in [3.8, 4) is 17.0 Å². The Kier molecular flexibility index (Phi) is 6.25. The van der Waals surface area contributed by atoms with Crippen LogP contribution in [0.1, 0.15) is 45.4 Å². The molecule has 1 aromatic carbocycles. The van der Waals surface area contributed by atoms with E-state index in [-0.39, 0.29) is 5.82 Å². The minimum absolute atomic E-state index is 0.292. The molecule has 0 radical (unpaired) electrons. The molecular weight excluding hydrogens is 267 g/mol. The molecule has 114 valence electrons. The smallest absolute Gasteiger partial charge is 0.136 e. The fourth-order valence-corrected chi connectivity index (χ4v) is 2.28. The van der Waals surface area contributed by atoms with Gasteiger partial charge in [0.2, 0.25) is 0 Å². The van der Waals surface area contributed by atoms with E-state index in [1.54, 1.807) is 18.3 Å². The van der Waals surface area contributed by atoms with Gasteiger partial charge in [0.15, 0.2) is 0 Å². The Balaban J connectivity index is 1.76. The molecule has 0 aliphatic rings. The summed E-state index contributed by atoms with van der Waals surface area (Å²) in [4.78, 5) is 6.80. The van der Waals surface area contributed by atoms with Crippen molar-refractivity contribution >= 4 is 0 Å². The molecule has 4 heteroatoms. The number of hydrogen-bond donors (Lipinski definition) is 1. The van der Waals surface area contributed by atoms with E-state index in [1.165, 1.54) is 44.5 Å². The standard InChI is InChI=1S/C17H23FN2O/c1-2-3-4-5-6-7-10-21-14-8-9-15(16(18)11-14)17-12-19-13-20-17/h8-9,11-13H,2-7,10H2,1H3,(H,19,20). The molecule has 0 aliphatic carbocycles. The number of H-pyrrole nitrogens is 1. The second-order valence-corrected chi connectivity index (χ2v) is 5.22. The Hall–Kier alpha value is -1.84.